The number of hydrogen-bond acceptors (Lipinski definition) is 4. The van der Waals surface area contributed by atoms with Crippen molar-refractivity contribution in [3.63, 3.8) is 0 Å². The minimum atomic E-state index is -0.871. The van der Waals surface area contributed by atoms with Crippen LogP contribution in [0, 0.1) is 0 Å². The third-order valence-corrected chi connectivity index (χ3v) is 2.15. The van der Waals surface area contributed by atoms with Crippen molar-refractivity contribution in [2.75, 3.05) is 11.9 Å². The molecule has 0 aromatic carbocycles. The summed E-state index contributed by atoms with van der Waals surface area (Å²) in [4.78, 5) is 11.4. The minimum Gasteiger partial charge on any atom is -0.389 e. The summed E-state index contributed by atoms with van der Waals surface area (Å²) in [6.07, 6.45) is 1.45. The van der Waals surface area contributed by atoms with Crippen LogP contribution in [0.4, 0.5) is 5.69 Å². The van der Waals surface area contributed by atoms with Gasteiger partial charge in [0.25, 0.3) is 5.56 Å². The van der Waals surface area contributed by atoms with Gasteiger partial charge in [-0.05, 0) is 13.8 Å². The van der Waals surface area contributed by atoms with Gasteiger partial charge in [0, 0.05) is 13.6 Å². The molecule has 0 unspecified atom stereocenters. The molecule has 15 heavy (non-hydrogen) atoms. The highest BCUT2D eigenvalue weighted by molar-refractivity contribution is 6.32. The molecule has 0 bridgehead atoms. The number of nitrogens with one attached hydrogen (secondary N) is 1. The van der Waals surface area contributed by atoms with Gasteiger partial charge in [0.1, 0.15) is 5.02 Å². The highest BCUT2D eigenvalue weighted by Crippen LogP contribution is 2.15. The fourth-order valence-corrected chi connectivity index (χ4v) is 1.18. The highest BCUT2D eigenvalue weighted by Gasteiger charge is 2.14. The molecule has 0 atom stereocenters. The topological polar surface area (TPSA) is 67.2 Å². The van der Waals surface area contributed by atoms with Gasteiger partial charge in [0.15, 0.2) is 0 Å². The van der Waals surface area contributed by atoms with Gasteiger partial charge in [-0.3, -0.25) is 4.79 Å². The second-order valence-electron chi connectivity index (χ2n) is 3.97. The van der Waals surface area contributed by atoms with Gasteiger partial charge in [-0.1, -0.05) is 11.6 Å². The van der Waals surface area contributed by atoms with Crippen molar-refractivity contribution in [1.29, 1.82) is 0 Å². The lowest BCUT2D eigenvalue weighted by atomic mass is 10.1. The van der Waals surface area contributed by atoms with Crippen LogP contribution in [-0.2, 0) is 7.05 Å². The summed E-state index contributed by atoms with van der Waals surface area (Å²) in [5.41, 5.74) is -0.802. The Kier molecular flexibility index (Phi) is 3.36. The number of anilines is 1. The maximum atomic E-state index is 11.4. The third-order valence-electron chi connectivity index (χ3n) is 1.79. The number of aliphatic hydroxyl groups is 1. The quantitative estimate of drug-likeness (QED) is 0.800. The zero-order valence-electron chi connectivity index (χ0n) is 8.91. The van der Waals surface area contributed by atoms with E-state index in [0.717, 1.165) is 4.68 Å². The van der Waals surface area contributed by atoms with E-state index in [9.17, 15) is 9.90 Å². The number of rotatable bonds is 3. The normalized spacial score (nSPS) is 11.5. The number of halogens is 1. The van der Waals surface area contributed by atoms with E-state index in [1.54, 1.807) is 13.8 Å². The van der Waals surface area contributed by atoms with Gasteiger partial charge in [-0.15, -0.1) is 0 Å². The minimum absolute atomic E-state index is 0.0803. The monoisotopic (exact) mass is 231 g/mol. The molecule has 0 aliphatic rings. The molecule has 1 aromatic heterocycles. The Bertz CT molecular complexity index is 409. The van der Waals surface area contributed by atoms with E-state index in [0.29, 0.717) is 12.2 Å². The van der Waals surface area contributed by atoms with Crippen LogP contribution in [0.1, 0.15) is 13.8 Å². The molecule has 84 valence electrons. The van der Waals surface area contributed by atoms with Crippen LogP contribution < -0.4 is 10.9 Å². The second kappa shape index (κ2) is 4.20. The second-order valence-corrected chi connectivity index (χ2v) is 4.34. The SMILES string of the molecule is Cn1ncc(NCC(C)(C)O)c(Cl)c1=O. The molecule has 0 aliphatic carbocycles. The predicted octanol–water partition coefficient (Wildman–Crippen LogP) is 0.616. The summed E-state index contributed by atoms with van der Waals surface area (Å²) in [5, 5.41) is 16.2. The fraction of sp³-hybridized carbons (Fsp3) is 0.556. The van der Waals surface area contributed by atoms with E-state index in [-0.39, 0.29) is 10.6 Å². The first-order valence-corrected chi connectivity index (χ1v) is 4.87. The Morgan fingerprint density at radius 3 is 2.80 bits per heavy atom. The lowest BCUT2D eigenvalue weighted by molar-refractivity contribution is 0.0945. The first-order valence-electron chi connectivity index (χ1n) is 4.49. The zero-order chi connectivity index (χ0) is 11.6. The van der Waals surface area contributed by atoms with Gasteiger partial charge in [-0.2, -0.15) is 5.10 Å². The summed E-state index contributed by atoms with van der Waals surface area (Å²) in [6.45, 7) is 3.60. The van der Waals surface area contributed by atoms with Crippen LogP contribution in [0.3, 0.4) is 0 Å². The van der Waals surface area contributed by atoms with Gasteiger partial charge < -0.3 is 10.4 Å². The first-order chi connectivity index (χ1) is 6.81. The maximum absolute atomic E-state index is 11.4. The molecule has 0 spiro atoms. The first kappa shape index (κ1) is 12.0. The molecule has 0 saturated heterocycles. The summed E-state index contributed by atoms with van der Waals surface area (Å²) < 4.78 is 1.15. The number of nitrogens with zero attached hydrogens (tertiary/aromatic N) is 2. The van der Waals surface area contributed by atoms with E-state index in [2.05, 4.69) is 10.4 Å². The summed E-state index contributed by atoms with van der Waals surface area (Å²) in [6, 6.07) is 0. The van der Waals surface area contributed by atoms with Crippen LogP contribution in [0.15, 0.2) is 11.0 Å². The Hall–Kier alpha value is -1.07. The summed E-state index contributed by atoms with van der Waals surface area (Å²) in [5.74, 6) is 0. The smallest absolute Gasteiger partial charge is 0.287 e. The van der Waals surface area contributed by atoms with E-state index in [1.807, 2.05) is 0 Å². The molecule has 0 amide bonds. The van der Waals surface area contributed by atoms with Gasteiger partial charge in [-0.25, -0.2) is 4.68 Å². The molecule has 5 nitrogen and oxygen atoms in total. The Morgan fingerprint density at radius 1 is 1.67 bits per heavy atom. The molecule has 6 heteroatoms. The van der Waals surface area contributed by atoms with Crippen molar-refractivity contribution < 1.29 is 5.11 Å². The average Bonchev–Trinajstić information content (AvgIpc) is 2.12. The van der Waals surface area contributed by atoms with E-state index >= 15 is 0 Å². The number of aromatic nitrogens is 2. The Morgan fingerprint density at radius 2 is 2.27 bits per heavy atom. The summed E-state index contributed by atoms with van der Waals surface area (Å²) in [7, 11) is 1.52. The Balaban J connectivity index is 2.89. The fourth-order valence-electron chi connectivity index (χ4n) is 0.945. The van der Waals surface area contributed by atoms with Gasteiger partial charge in [0.05, 0.1) is 17.5 Å². The molecule has 1 heterocycles. The van der Waals surface area contributed by atoms with Crippen molar-refractivity contribution in [2.24, 2.45) is 7.05 Å². The molecule has 1 aromatic rings. The number of hydrogen-bond donors (Lipinski definition) is 2. The van der Waals surface area contributed by atoms with Crippen molar-refractivity contribution in [3.05, 3.63) is 21.6 Å². The lowest BCUT2D eigenvalue weighted by Gasteiger charge is -2.18. The zero-order valence-corrected chi connectivity index (χ0v) is 9.67. The predicted molar refractivity (Wildman–Crippen MR) is 59.3 cm³/mol. The van der Waals surface area contributed by atoms with Crippen LogP contribution in [0.25, 0.3) is 0 Å². The molecule has 0 aliphatic heterocycles. The molecule has 2 N–H and O–H groups in total. The van der Waals surface area contributed by atoms with Crippen molar-refractivity contribution in [2.45, 2.75) is 19.4 Å². The van der Waals surface area contributed by atoms with E-state index in [4.69, 9.17) is 11.6 Å². The third kappa shape index (κ3) is 3.21. The molecular weight excluding hydrogens is 218 g/mol. The molecular formula is C9H14ClN3O2. The van der Waals surface area contributed by atoms with Crippen LogP contribution in [-0.4, -0.2) is 27.0 Å². The largest absolute Gasteiger partial charge is 0.389 e. The van der Waals surface area contributed by atoms with Gasteiger partial charge in [0.2, 0.25) is 0 Å². The van der Waals surface area contributed by atoms with Crippen molar-refractivity contribution in [1.82, 2.24) is 9.78 Å². The molecule has 0 saturated carbocycles. The highest BCUT2D eigenvalue weighted by atomic mass is 35.5. The standard InChI is InChI=1S/C9H14ClN3O2/c1-9(2,15)5-11-6-4-12-13(3)8(14)7(6)10/h4,11,15H,5H2,1-3H3. The molecule has 0 fully saturated rings. The van der Waals surface area contributed by atoms with Crippen LogP contribution in [0.5, 0.6) is 0 Å². The molecule has 1 rings (SSSR count). The maximum Gasteiger partial charge on any atom is 0.287 e. The Labute approximate surface area is 92.7 Å². The lowest BCUT2D eigenvalue weighted by Crippen LogP contribution is -2.30. The number of aryl methyl sites for hydroxylation is 1. The van der Waals surface area contributed by atoms with Crippen LogP contribution in [0.2, 0.25) is 5.02 Å². The van der Waals surface area contributed by atoms with Crippen LogP contribution >= 0.6 is 11.6 Å². The molecule has 0 radical (unpaired) electrons. The van der Waals surface area contributed by atoms with Crippen molar-refractivity contribution in [3.8, 4) is 0 Å². The van der Waals surface area contributed by atoms with Crippen molar-refractivity contribution >= 4 is 17.3 Å². The average molecular weight is 232 g/mol. The summed E-state index contributed by atoms with van der Waals surface area (Å²) >= 11 is 5.81. The van der Waals surface area contributed by atoms with Gasteiger partial charge >= 0.3 is 0 Å². The van der Waals surface area contributed by atoms with E-state index < -0.39 is 5.60 Å². The van der Waals surface area contributed by atoms with E-state index in [1.165, 1.54) is 13.2 Å².